The van der Waals surface area contributed by atoms with Crippen molar-refractivity contribution in [1.82, 2.24) is 15.1 Å². The van der Waals surface area contributed by atoms with Gasteiger partial charge in [0.2, 0.25) is 5.91 Å². The van der Waals surface area contributed by atoms with Crippen molar-refractivity contribution in [1.29, 1.82) is 0 Å². The quantitative estimate of drug-likeness (QED) is 0.498. The van der Waals surface area contributed by atoms with Crippen LogP contribution in [0.2, 0.25) is 0 Å². The van der Waals surface area contributed by atoms with Gasteiger partial charge in [0.05, 0.1) is 6.20 Å². The van der Waals surface area contributed by atoms with Crippen molar-refractivity contribution in [2.45, 2.75) is 32.2 Å². The van der Waals surface area contributed by atoms with Crippen LogP contribution in [0.4, 0.5) is 10.1 Å². The zero-order valence-corrected chi connectivity index (χ0v) is 19.1. The van der Waals surface area contributed by atoms with Gasteiger partial charge in [0.25, 0.3) is 0 Å². The molecule has 0 aliphatic carbocycles. The van der Waals surface area contributed by atoms with Crippen molar-refractivity contribution < 1.29 is 9.18 Å². The normalized spacial score (nSPS) is 18.2. The second-order valence-electron chi connectivity index (χ2n) is 8.65. The number of carbonyl (C=O) groups excluding carboxylic acids is 1. The first kappa shape index (κ1) is 22.7. The van der Waals surface area contributed by atoms with Gasteiger partial charge >= 0.3 is 0 Å². The van der Waals surface area contributed by atoms with Crippen LogP contribution < -0.4 is 5.32 Å². The van der Waals surface area contributed by atoms with Crippen molar-refractivity contribution in [2.75, 3.05) is 25.5 Å². The predicted octanol–water partition coefficient (Wildman–Crippen LogP) is 4.55. The number of aromatic amines is 1. The highest BCUT2D eigenvalue weighted by Crippen LogP contribution is 2.27. The molecule has 1 aliphatic heterocycles. The number of benzene rings is 2. The average Bonchev–Trinajstić information content (AvgIpc) is 3.48. The summed E-state index contributed by atoms with van der Waals surface area (Å²) in [6.45, 7) is 3.58. The number of hydrogen-bond donors (Lipinski definition) is 2. The lowest BCUT2D eigenvalue weighted by Gasteiger charge is -2.21. The third-order valence-electron chi connectivity index (χ3n) is 6.28. The minimum atomic E-state index is -0.243. The smallest absolute Gasteiger partial charge is 0.223 e. The molecule has 1 amide bonds. The Morgan fingerprint density at radius 2 is 2.15 bits per heavy atom. The molecule has 172 valence electrons. The minimum Gasteiger partial charge on any atom is -0.384 e. The van der Waals surface area contributed by atoms with E-state index in [-0.39, 0.29) is 17.8 Å². The Kier molecular flexibility index (Phi) is 7.17. The highest BCUT2D eigenvalue weighted by atomic mass is 19.1. The first-order chi connectivity index (χ1) is 16.0. The van der Waals surface area contributed by atoms with Gasteiger partial charge in [-0.05, 0) is 55.0 Å². The van der Waals surface area contributed by atoms with Crippen LogP contribution >= 0.6 is 0 Å². The molecule has 2 atom stereocenters. The van der Waals surface area contributed by atoms with E-state index in [1.807, 2.05) is 23.4 Å². The number of nitrogens with zero attached hydrogens (tertiary/aromatic N) is 3. The molecular weight excluding hydrogens is 417 g/mol. The van der Waals surface area contributed by atoms with Gasteiger partial charge in [-0.15, -0.1) is 0 Å². The molecule has 0 saturated carbocycles. The zero-order chi connectivity index (χ0) is 23.2. The van der Waals surface area contributed by atoms with E-state index in [9.17, 15) is 9.18 Å². The van der Waals surface area contributed by atoms with Crippen LogP contribution in [0.3, 0.4) is 0 Å². The van der Waals surface area contributed by atoms with E-state index in [2.05, 4.69) is 45.6 Å². The summed E-state index contributed by atoms with van der Waals surface area (Å²) >= 11 is 0. The van der Waals surface area contributed by atoms with Crippen LogP contribution in [0.25, 0.3) is 11.1 Å². The Labute approximate surface area is 193 Å². The maximum Gasteiger partial charge on any atom is 0.223 e. The summed E-state index contributed by atoms with van der Waals surface area (Å²) < 4.78 is 13.9. The number of carbonyl (C=O) groups is 1. The molecular formula is C26H30FN5O. The van der Waals surface area contributed by atoms with Crippen molar-refractivity contribution in [3.63, 3.8) is 0 Å². The molecule has 7 heteroatoms. The fraction of sp³-hybridized carbons (Fsp3) is 0.346. The van der Waals surface area contributed by atoms with Gasteiger partial charge in [-0.2, -0.15) is 5.10 Å². The van der Waals surface area contributed by atoms with E-state index in [4.69, 9.17) is 0 Å². The molecule has 1 saturated heterocycles. The van der Waals surface area contributed by atoms with Gasteiger partial charge in [-0.1, -0.05) is 24.3 Å². The highest BCUT2D eigenvalue weighted by molar-refractivity contribution is 5.90. The molecule has 6 nitrogen and oxygen atoms in total. The zero-order valence-electron chi connectivity index (χ0n) is 19.1. The Morgan fingerprint density at radius 3 is 2.91 bits per heavy atom. The number of aryl methyl sites for hydroxylation is 1. The number of amides is 1. The molecule has 0 radical (unpaired) electrons. The molecule has 2 aromatic carbocycles. The fourth-order valence-corrected chi connectivity index (χ4v) is 4.54. The van der Waals surface area contributed by atoms with Crippen molar-refractivity contribution >= 4 is 17.8 Å². The average molecular weight is 448 g/mol. The molecule has 3 aromatic rings. The maximum atomic E-state index is 13.9. The second-order valence-corrected chi connectivity index (χ2v) is 8.65. The van der Waals surface area contributed by atoms with Crippen LogP contribution in [0.15, 0.2) is 59.9 Å². The molecule has 1 fully saturated rings. The molecule has 0 unspecified atom stereocenters. The predicted molar refractivity (Wildman–Crippen MR) is 130 cm³/mol. The number of halogens is 1. The largest absolute Gasteiger partial charge is 0.384 e. The van der Waals surface area contributed by atoms with Gasteiger partial charge < -0.3 is 10.2 Å². The van der Waals surface area contributed by atoms with E-state index < -0.39 is 0 Å². The molecule has 33 heavy (non-hydrogen) atoms. The number of hydrogen-bond acceptors (Lipinski definition) is 4. The Balaban J connectivity index is 1.35. The topological polar surface area (TPSA) is 73.4 Å². The van der Waals surface area contributed by atoms with Crippen LogP contribution in [-0.4, -0.2) is 53.4 Å². The lowest BCUT2D eigenvalue weighted by Crippen LogP contribution is -2.34. The van der Waals surface area contributed by atoms with E-state index >= 15 is 0 Å². The molecule has 4 rings (SSSR count). The molecule has 0 spiro atoms. The van der Waals surface area contributed by atoms with Crippen LogP contribution in [-0.2, 0) is 11.2 Å². The van der Waals surface area contributed by atoms with Gasteiger partial charge in [0.15, 0.2) is 0 Å². The fourth-order valence-electron chi connectivity index (χ4n) is 4.54. The van der Waals surface area contributed by atoms with Crippen LogP contribution in [0.1, 0.15) is 30.9 Å². The highest BCUT2D eigenvalue weighted by Gasteiger charge is 2.32. The number of aliphatic imine (C=N–C) groups is 1. The number of likely N-dealkylation sites (tertiary alicyclic amines) is 1. The van der Waals surface area contributed by atoms with Crippen molar-refractivity contribution in [3.05, 3.63) is 71.8 Å². The molecule has 2 heterocycles. The number of nitrogens with one attached hydrogen (secondary N) is 2. The van der Waals surface area contributed by atoms with E-state index in [1.165, 1.54) is 6.07 Å². The van der Waals surface area contributed by atoms with E-state index in [0.29, 0.717) is 30.9 Å². The summed E-state index contributed by atoms with van der Waals surface area (Å²) in [6.07, 6.45) is 7.23. The Morgan fingerprint density at radius 1 is 1.30 bits per heavy atom. The first-order valence-electron chi connectivity index (χ1n) is 11.4. The van der Waals surface area contributed by atoms with Gasteiger partial charge in [0, 0.05) is 61.8 Å². The third-order valence-corrected chi connectivity index (χ3v) is 6.28. The summed E-state index contributed by atoms with van der Waals surface area (Å²) in [5.74, 6) is 0.209. The summed E-state index contributed by atoms with van der Waals surface area (Å²) in [6, 6.07) is 13.1. The van der Waals surface area contributed by atoms with E-state index in [1.54, 1.807) is 25.4 Å². The third kappa shape index (κ3) is 5.48. The summed E-state index contributed by atoms with van der Waals surface area (Å²) in [4.78, 5) is 19.0. The monoisotopic (exact) mass is 447 g/mol. The van der Waals surface area contributed by atoms with Gasteiger partial charge in [-0.3, -0.25) is 14.9 Å². The molecule has 1 aromatic heterocycles. The molecule has 1 aliphatic rings. The van der Waals surface area contributed by atoms with Gasteiger partial charge in [0.1, 0.15) is 5.82 Å². The Hall–Kier alpha value is -3.48. The van der Waals surface area contributed by atoms with Crippen molar-refractivity contribution in [3.8, 4) is 11.1 Å². The second kappa shape index (κ2) is 10.4. The molecule has 0 bridgehead atoms. The first-order valence-corrected chi connectivity index (χ1v) is 11.4. The standard InChI is InChI=1S/C26H30FN5O/c1-18-11-19(17-32(18)26(33)10-8-20-5-3-4-6-24(20)27)13-29-25-9-7-21(12-22(25)14-28-2)23-15-30-31-16-23/h3-7,9,12,14-16,18-19,29H,8,10-11,13,17H2,1-2H3,(H,30,31)/b28-14-/t18-,19-/m0/s1. The molecule has 2 N–H and O–H groups in total. The SMILES string of the molecule is C/N=C\c1cc(-c2cn[nH]c2)ccc1NC[C@@H]1C[C@H](C)N(C(=O)CCc2ccccc2F)C1. The number of anilines is 1. The lowest BCUT2D eigenvalue weighted by molar-refractivity contribution is -0.131. The minimum absolute atomic E-state index is 0.0940. The lowest BCUT2D eigenvalue weighted by atomic mass is 10.0. The number of H-pyrrole nitrogens is 1. The number of aromatic nitrogens is 2. The summed E-state index contributed by atoms with van der Waals surface area (Å²) in [7, 11) is 1.76. The maximum absolute atomic E-state index is 13.9. The number of rotatable bonds is 8. The van der Waals surface area contributed by atoms with Crippen LogP contribution in [0, 0.1) is 11.7 Å². The van der Waals surface area contributed by atoms with Crippen molar-refractivity contribution in [2.24, 2.45) is 10.9 Å². The van der Waals surface area contributed by atoms with Gasteiger partial charge in [-0.25, -0.2) is 4.39 Å². The van der Waals surface area contributed by atoms with Crippen LogP contribution in [0.5, 0.6) is 0 Å². The summed E-state index contributed by atoms with van der Waals surface area (Å²) in [5.41, 5.74) is 4.73. The van der Waals surface area contributed by atoms with E-state index in [0.717, 1.165) is 35.3 Å². The summed E-state index contributed by atoms with van der Waals surface area (Å²) in [5, 5.41) is 10.4. The Bertz CT molecular complexity index is 1110.